The molecule has 0 aromatic rings. The van der Waals surface area contributed by atoms with Crippen molar-refractivity contribution in [2.24, 2.45) is 0 Å². The van der Waals surface area contributed by atoms with Crippen LogP contribution in [-0.4, -0.2) is 73.7 Å². The van der Waals surface area contributed by atoms with Gasteiger partial charge in [0.2, 0.25) is 0 Å². The van der Waals surface area contributed by atoms with Crippen molar-refractivity contribution in [1.29, 1.82) is 0 Å². The molecule has 0 bridgehead atoms. The fourth-order valence-electron chi connectivity index (χ4n) is 2.48. The van der Waals surface area contributed by atoms with Crippen LogP contribution in [0.2, 0.25) is 0 Å². The second kappa shape index (κ2) is 6.84. The van der Waals surface area contributed by atoms with Crippen molar-refractivity contribution in [2.75, 3.05) is 57.8 Å². The third kappa shape index (κ3) is 3.91. The summed E-state index contributed by atoms with van der Waals surface area (Å²) in [6.45, 7) is 7.37. The highest BCUT2D eigenvalue weighted by atomic mass is 32.2. The maximum atomic E-state index is 3.46. The van der Waals surface area contributed by atoms with Gasteiger partial charge in [-0.1, -0.05) is 0 Å². The number of nitrogens with zero attached hydrogens (tertiary/aromatic N) is 2. The average molecular weight is 243 g/mol. The van der Waals surface area contributed by atoms with Crippen LogP contribution >= 0.6 is 11.8 Å². The largest absolute Gasteiger partial charge is 0.315 e. The molecule has 0 saturated carbocycles. The molecule has 1 N–H and O–H groups in total. The summed E-state index contributed by atoms with van der Waals surface area (Å²) in [6.07, 6.45) is 2.70. The minimum absolute atomic E-state index is 0.843. The monoisotopic (exact) mass is 243 g/mol. The van der Waals surface area contributed by atoms with E-state index in [4.69, 9.17) is 0 Å². The average Bonchev–Trinajstić information content (AvgIpc) is 2.71. The lowest BCUT2D eigenvalue weighted by Gasteiger charge is -2.27. The Morgan fingerprint density at radius 2 is 2.31 bits per heavy atom. The van der Waals surface area contributed by atoms with Crippen LogP contribution in [0.15, 0.2) is 0 Å². The molecule has 1 atom stereocenters. The van der Waals surface area contributed by atoms with E-state index < -0.39 is 0 Å². The van der Waals surface area contributed by atoms with E-state index in [9.17, 15) is 0 Å². The van der Waals surface area contributed by atoms with E-state index >= 15 is 0 Å². The van der Waals surface area contributed by atoms with Gasteiger partial charge in [-0.3, -0.25) is 0 Å². The van der Waals surface area contributed by atoms with Gasteiger partial charge in [0.25, 0.3) is 0 Å². The smallest absolute Gasteiger partial charge is 0.0191 e. The van der Waals surface area contributed by atoms with E-state index in [1.165, 1.54) is 63.6 Å². The fourth-order valence-corrected chi connectivity index (χ4v) is 3.78. The lowest BCUT2D eigenvalue weighted by Crippen LogP contribution is -2.39. The minimum atomic E-state index is 0.843. The quantitative estimate of drug-likeness (QED) is 0.784. The molecule has 2 heterocycles. The molecule has 0 aliphatic carbocycles. The predicted octanol–water partition coefficient (Wildman–Crippen LogP) is 0.719. The SMILES string of the molecule is CN(CCN1CCCNCC1)C1CCSC1. The van der Waals surface area contributed by atoms with Gasteiger partial charge in [-0.2, -0.15) is 11.8 Å². The van der Waals surface area contributed by atoms with Crippen LogP contribution in [0.3, 0.4) is 0 Å². The van der Waals surface area contributed by atoms with E-state index in [1.807, 2.05) is 0 Å². The van der Waals surface area contributed by atoms with Crippen LogP contribution in [0.1, 0.15) is 12.8 Å². The third-order valence-corrected chi connectivity index (χ3v) is 4.88. The molecule has 1 unspecified atom stereocenters. The summed E-state index contributed by atoms with van der Waals surface area (Å²) in [5.41, 5.74) is 0. The zero-order valence-electron chi connectivity index (χ0n) is 10.5. The van der Waals surface area contributed by atoms with Gasteiger partial charge >= 0.3 is 0 Å². The van der Waals surface area contributed by atoms with E-state index in [0.29, 0.717) is 0 Å². The number of thioether (sulfide) groups is 1. The fraction of sp³-hybridized carbons (Fsp3) is 1.00. The highest BCUT2D eigenvalue weighted by Crippen LogP contribution is 2.20. The van der Waals surface area contributed by atoms with Crippen molar-refractivity contribution in [3.8, 4) is 0 Å². The van der Waals surface area contributed by atoms with Crippen LogP contribution in [-0.2, 0) is 0 Å². The molecular weight excluding hydrogens is 218 g/mol. The van der Waals surface area contributed by atoms with Gasteiger partial charge in [0.1, 0.15) is 0 Å². The summed E-state index contributed by atoms with van der Waals surface area (Å²) in [5.74, 6) is 2.71. The number of likely N-dealkylation sites (N-methyl/N-ethyl adjacent to an activating group) is 1. The lowest BCUT2D eigenvalue weighted by molar-refractivity contribution is 0.204. The van der Waals surface area contributed by atoms with Crippen LogP contribution in [0.5, 0.6) is 0 Å². The first-order valence-corrected chi connectivity index (χ1v) is 7.73. The molecule has 4 heteroatoms. The molecule has 2 aliphatic heterocycles. The molecule has 16 heavy (non-hydrogen) atoms. The number of hydrogen-bond acceptors (Lipinski definition) is 4. The summed E-state index contributed by atoms with van der Waals surface area (Å²) < 4.78 is 0. The molecule has 0 aromatic carbocycles. The van der Waals surface area contributed by atoms with Crippen LogP contribution in [0.4, 0.5) is 0 Å². The van der Waals surface area contributed by atoms with Crippen molar-refractivity contribution in [3.05, 3.63) is 0 Å². The first kappa shape index (κ1) is 12.7. The molecule has 0 spiro atoms. The van der Waals surface area contributed by atoms with Crippen LogP contribution < -0.4 is 5.32 Å². The lowest BCUT2D eigenvalue weighted by atomic mass is 10.2. The van der Waals surface area contributed by atoms with Crippen molar-refractivity contribution in [3.63, 3.8) is 0 Å². The normalized spacial score (nSPS) is 28.5. The Hall–Kier alpha value is 0.230. The molecule has 94 valence electrons. The Balaban J connectivity index is 1.64. The van der Waals surface area contributed by atoms with Crippen LogP contribution in [0.25, 0.3) is 0 Å². The highest BCUT2D eigenvalue weighted by molar-refractivity contribution is 7.99. The van der Waals surface area contributed by atoms with Gasteiger partial charge < -0.3 is 15.1 Å². The molecular formula is C12H25N3S. The van der Waals surface area contributed by atoms with Crippen molar-refractivity contribution >= 4 is 11.8 Å². The third-order valence-electron chi connectivity index (χ3n) is 3.73. The van der Waals surface area contributed by atoms with Gasteiger partial charge in [0, 0.05) is 38.0 Å². The van der Waals surface area contributed by atoms with E-state index in [1.54, 1.807) is 0 Å². The van der Waals surface area contributed by atoms with Crippen LogP contribution in [0, 0.1) is 0 Å². The Kier molecular flexibility index (Phi) is 5.42. The summed E-state index contributed by atoms with van der Waals surface area (Å²) in [4.78, 5) is 5.18. The molecule has 2 fully saturated rings. The first-order valence-electron chi connectivity index (χ1n) is 6.57. The van der Waals surface area contributed by atoms with E-state index in [-0.39, 0.29) is 0 Å². The Morgan fingerprint density at radius 1 is 1.38 bits per heavy atom. The van der Waals surface area contributed by atoms with Gasteiger partial charge in [-0.25, -0.2) is 0 Å². The topological polar surface area (TPSA) is 18.5 Å². The zero-order valence-corrected chi connectivity index (χ0v) is 11.3. The number of nitrogens with one attached hydrogen (secondary N) is 1. The molecule has 3 nitrogen and oxygen atoms in total. The zero-order chi connectivity index (χ0) is 11.2. The van der Waals surface area contributed by atoms with Crippen molar-refractivity contribution < 1.29 is 0 Å². The maximum Gasteiger partial charge on any atom is 0.0191 e. The van der Waals surface area contributed by atoms with Gasteiger partial charge in [0.15, 0.2) is 0 Å². The Labute approximate surface area is 104 Å². The minimum Gasteiger partial charge on any atom is -0.315 e. The number of hydrogen-bond donors (Lipinski definition) is 1. The van der Waals surface area contributed by atoms with E-state index in [2.05, 4.69) is 33.9 Å². The number of rotatable bonds is 4. The molecule has 2 aliphatic rings. The summed E-state index contributed by atoms with van der Waals surface area (Å²) in [6, 6.07) is 0.843. The summed E-state index contributed by atoms with van der Waals surface area (Å²) >= 11 is 2.11. The van der Waals surface area contributed by atoms with Gasteiger partial charge in [-0.15, -0.1) is 0 Å². The molecule has 0 radical (unpaired) electrons. The standard InChI is InChI=1S/C12H25N3S/c1-14(12-3-10-16-11-12)8-9-15-6-2-4-13-5-7-15/h12-13H,2-11H2,1H3. The molecule has 0 amide bonds. The van der Waals surface area contributed by atoms with Gasteiger partial charge in [0.05, 0.1) is 0 Å². The van der Waals surface area contributed by atoms with E-state index in [0.717, 1.165) is 6.04 Å². The summed E-state index contributed by atoms with van der Waals surface area (Å²) in [7, 11) is 2.30. The second-order valence-corrected chi connectivity index (χ2v) is 6.09. The van der Waals surface area contributed by atoms with Crippen molar-refractivity contribution in [1.82, 2.24) is 15.1 Å². The Bertz CT molecular complexity index is 185. The van der Waals surface area contributed by atoms with Crippen molar-refractivity contribution in [2.45, 2.75) is 18.9 Å². The Morgan fingerprint density at radius 3 is 3.12 bits per heavy atom. The maximum absolute atomic E-state index is 3.46. The first-order chi connectivity index (χ1) is 7.86. The molecule has 2 saturated heterocycles. The molecule has 0 aromatic heterocycles. The summed E-state index contributed by atoms with van der Waals surface area (Å²) in [5, 5.41) is 3.46. The predicted molar refractivity (Wildman–Crippen MR) is 72.3 cm³/mol. The second-order valence-electron chi connectivity index (χ2n) is 4.94. The molecule has 2 rings (SSSR count). The highest BCUT2D eigenvalue weighted by Gasteiger charge is 2.20. The van der Waals surface area contributed by atoms with Gasteiger partial charge in [-0.05, 0) is 38.7 Å².